The maximum atomic E-state index is 13.2. The van der Waals surface area contributed by atoms with Crippen LogP contribution in [-0.2, 0) is 4.79 Å². The molecule has 4 rings (SSSR count). The number of anilines is 2. The Hall–Kier alpha value is -3.55. The Morgan fingerprint density at radius 3 is 2.72 bits per heavy atom. The zero-order chi connectivity index (χ0) is 22.7. The standard InChI is InChI=1S/C24H27N3O5/c1-3-31-20-11-10-16(24(30)27-12-5-4-6-13-27)14-19(20)26-23(29)17-8-7-9-18-21(17)32-15(2)22(28)25-18/h7-11,14-15H,3-6,12-13H2,1-2H3,(H,25,28)(H,26,29)/t15-/m0/s1. The Morgan fingerprint density at radius 1 is 1.19 bits per heavy atom. The van der Waals surface area contributed by atoms with Gasteiger partial charge in [0.25, 0.3) is 17.7 Å². The van der Waals surface area contributed by atoms with E-state index in [1.165, 1.54) is 0 Å². The van der Waals surface area contributed by atoms with Crippen LogP contribution < -0.4 is 20.1 Å². The van der Waals surface area contributed by atoms with Crippen molar-refractivity contribution in [3.63, 3.8) is 0 Å². The molecule has 0 spiro atoms. The van der Waals surface area contributed by atoms with Crippen LogP contribution in [0.1, 0.15) is 53.8 Å². The van der Waals surface area contributed by atoms with Crippen LogP contribution in [0, 0.1) is 0 Å². The lowest BCUT2D eigenvalue weighted by Gasteiger charge is -2.27. The summed E-state index contributed by atoms with van der Waals surface area (Å²) in [7, 11) is 0. The smallest absolute Gasteiger partial charge is 0.265 e. The molecule has 2 aromatic carbocycles. The van der Waals surface area contributed by atoms with Gasteiger partial charge in [0.2, 0.25) is 0 Å². The summed E-state index contributed by atoms with van der Waals surface area (Å²) >= 11 is 0. The molecule has 2 aliphatic rings. The van der Waals surface area contributed by atoms with Crippen molar-refractivity contribution in [2.24, 2.45) is 0 Å². The molecule has 2 heterocycles. The number of benzene rings is 2. The lowest BCUT2D eigenvalue weighted by atomic mass is 10.1. The largest absolute Gasteiger partial charge is 0.492 e. The van der Waals surface area contributed by atoms with E-state index in [2.05, 4.69) is 10.6 Å². The summed E-state index contributed by atoms with van der Waals surface area (Å²) in [5.41, 5.74) is 1.63. The van der Waals surface area contributed by atoms with Crippen molar-refractivity contribution < 1.29 is 23.9 Å². The maximum absolute atomic E-state index is 13.2. The van der Waals surface area contributed by atoms with E-state index in [1.54, 1.807) is 43.3 Å². The first-order chi connectivity index (χ1) is 15.5. The number of likely N-dealkylation sites (tertiary alicyclic amines) is 1. The molecular formula is C24H27N3O5. The number of fused-ring (bicyclic) bond motifs is 1. The van der Waals surface area contributed by atoms with Crippen LogP contribution in [-0.4, -0.2) is 48.4 Å². The van der Waals surface area contributed by atoms with Gasteiger partial charge in [-0.25, -0.2) is 0 Å². The van der Waals surface area contributed by atoms with Gasteiger partial charge in [0.15, 0.2) is 11.9 Å². The number of ether oxygens (including phenoxy) is 2. The Bertz CT molecular complexity index is 1050. The number of rotatable bonds is 5. The molecule has 1 atom stereocenters. The zero-order valence-corrected chi connectivity index (χ0v) is 18.3. The summed E-state index contributed by atoms with van der Waals surface area (Å²) in [6.45, 7) is 5.37. The van der Waals surface area contributed by atoms with Gasteiger partial charge in [-0.05, 0) is 63.4 Å². The van der Waals surface area contributed by atoms with Gasteiger partial charge in [-0.2, -0.15) is 0 Å². The average molecular weight is 437 g/mol. The Labute approximate surface area is 186 Å². The number of nitrogens with one attached hydrogen (secondary N) is 2. The quantitative estimate of drug-likeness (QED) is 0.744. The monoisotopic (exact) mass is 437 g/mol. The van der Waals surface area contributed by atoms with E-state index >= 15 is 0 Å². The summed E-state index contributed by atoms with van der Waals surface area (Å²) in [5, 5.41) is 5.60. The average Bonchev–Trinajstić information content (AvgIpc) is 2.80. The number of amides is 3. The number of hydrogen-bond donors (Lipinski definition) is 2. The summed E-state index contributed by atoms with van der Waals surface area (Å²) in [4.78, 5) is 39.8. The van der Waals surface area contributed by atoms with Gasteiger partial charge in [-0.3, -0.25) is 14.4 Å². The Morgan fingerprint density at radius 2 is 1.97 bits per heavy atom. The predicted molar refractivity (Wildman–Crippen MR) is 120 cm³/mol. The van der Waals surface area contributed by atoms with Gasteiger partial charge >= 0.3 is 0 Å². The first-order valence-corrected chi connectivity index (χ1v) is 11.0. The molecule has 0 bridgehead atoms. The second-order valence-corrected chi connectivity index (χ2v) is 7.88. The number of hydrogen-bond acceptors (Lipinski definition) is 5. The fourth-order valence-corrected chi connectivity index (χ4v) is 3.92. The first kappa shape index (κ1) is 21.7. The highest BCUT2D eigenvalue weighted by Gasteiger charge is 2.28. The zero-order valence-electron chi connectivity index (χ0n) is 18.3. The molecule has 32 heavy (non-hydrogen) atoms. The fourth-order valence-electron chi connectivity index (χ4n) is 3.92. The van der Waals surface area contributed by atoms with E-state index in [0.29, 0.717) is 35.0 Å². The lowest BCUT2D eigenvalue weighted by molar-refractivity contribution is -0.122. The third-order valence-electron chi connectivity index (χ3n) is 5.60. The van der Waals surface area contributed by atoms with Crippen LogP contribution in [0.2, 0.25) is 0 Å². The number of carbonyl (C=O) groups excluding carboxylic acids is 3. The molecule has 2 aliphatic heterocycles. The molecule has 3 amide bonds. The normalized spacial score (nSPS) is 17.6. The van der Waals surface area contributed by atoms with Crippen LogP contribution in [0.25, 0.3) is 0 Å². The SMILES string of the molecule is CCOc1ccc(C(=O)N2CCCCC2)cc1NC(=O)c1cccc2c1O[C@@H](C)C(=O)N2. The molecule has 0 radical (unpaired) electrons. The minimum atomic E-state index is -0.707. The van der Waals surface area contributed by atoms with Crippen LogP contribution in [0.5, 0.6) is 11.5 Å². The molecule has 1 fully saturated rings. The summed E-state index contributed by atoms with van der Waals surface area (Å²) in [5.74, 6) is 0.0468. The van der Waals surface area contributed by atoms with Gasteiger partial charge in [0.05, 0.1) is 23.5 Å². The highest BCUT2D eigenvalue weighted by atomic mass is 16.5. The van der Waals surface area contributed by atoms with Crippen molar-refractivity contribution >= 4 is 29.1 Å². The molecule has 0 saturated carbocycles. The molecule has 0 aliphatic carbocycles. The highest BCUT2D eigenvalue weighted by Crippen LogP contribution is 2.35. The molecular weight excluding hydrogens is 410 g/mol. The number of nitrogens with zero attached hydrogens (tertiary/aromatic N) is 1. The molecule has 0 aromatic heterocycles. The third kappa shape index (κ3) is 4.39. The van der Waals surface area contributed by atoms with E-state index in [1.807, 2.05) is 11.8 Å². The first-order valence-electron chi connectivity index (χ1n) is 11.0. The summed E-state index contributed by atoms with van der Waals surface area (Å²) in [6, 6.07) is 10.1. The summed E-state index contributed by atoms with van der Waals surface area (Å²) in [6.07, 6.45) is 2.43. The van der Waals surface area contributed by atoms with Gasteiger partial charge in [-0.15, -0.1) is 0 Å². The molecule has 2 aromatic rings. The number of para-hydroxylation sites is 1. The predicted octanol–water partition coefficient (Wildman–Crippen LogP) is 3.68. The van der Waals surface area contributed by atoms with Crippen molar-refractivity contribution in [3.8, 4) is 11.5 Å². The summed E-state index contributed by atoms with van der Waals surface area (Å²) < 4.78 is 11.4. The Kier molecular flexibility index (Phi) is 6.30. The van der Waals surface area contributed by atoms with Gasteiger partial charge in [0, 0.05) is 18.7 Å². The van der Waals surface area contributed by atoms with E-state index in [9.17, 15) is 14.4 Å². The van der Waals surface area contributed by atoms with Crippen LogP contribution in [0.4, 0.5) is 11.4 Å². The van der Waals surface area contributed by atoms with E-state index < -0.39 is 12.0 Å². The van der Waals surface area contributed by atoms with Gasteiger partial charge in [0.1, 0.15) is 5.75 Å². The number of piperidine rings is 1. The van der Waals surface area contributed by atoms with Crippen LogP contribution in [0.3, 0.4) is 0 Å². The Balaban J connectivity index is 1.62. The molecule has 168 valence electrons. The molecule has 8 nitrogen and oxygen atoms in total. The number of carbonyl (C=O) groups is 3. The second-order valence-electron chi connectivity index (χ2n) is 7.88. The van der Waals surface area contributed by atoms with Crippen LogP contribution >= 0.6 is 0 Å². The molecule has 1 saturated heterocycles. The van der Waals surface area contributed by atoms with Crippen molar-refractivity contribution in [3.05, 3.63) is 47.5 Å². The molecule has 8 heteroatoms. The van der Waals surface area contributed by atoms with Crippen LogP contribution in [0.15, 0.2) is 36.4 Å². The van der Waals surface area contributed by atoms with E-state index in [4.69, 9.17) is 9.47 Å². The van der Waals surface area contributed by atoms with Crippen molar-refractivity contribution in [1.29, 1.82) is 0 Å². The third-order valence-corrected chi connectivity index (χ3v) is 5.60. The van der Waals surface area contributed by atoms with Crippen molar-refractivity contribution in [1.82, 2.24) is 4.90 Å². The second kappa shape index (κ2) is 9.30. The van der Waals surface area contributed by atoms with Crippen molar-refractivity contribution in [2.45, 2.75) is 39.2 Å². The molecule has 2 N–H and O–H groups in total. The highest BCUT2D eigenvalue weighted by molar-refractivity contribution is 6.10. The van der Waals surface area contributed by atoms with E-state index in [-0.39, 0.29) is 17.4 Å². The molecule has 0 unspecified atom stereocenters. The minimum Gasteiger partial charge on any atom is -0.492 e. The van der Waals surface area contributed by atoms with E-state index in [0.717, 1.165) is 32.4 Å². The van der Waals surface area contributed by atoms with Gasteiger partial charge < -0.3 is 25.0 Å². The van der Waals surface area contributed by atoms with Gasteiger partial charge in [-0.1, -0.05) is 6.07 Å². The minimum absolute atomic E-state index is 0.0554. The topological polar surface area (TPSA) is 97.0 Å². The van der Waals surface area contributed by atoms with Crippen molar-refractivity contribution in [2.75, 3.05) is 30.3 Å². The lowest BCUT2D eigenvalue weighted by Crippen LogP contribution is -2.35. The maximum Gasteiger partial charge on any atom is 0.265 e. The fraction of sp³-hybridized carbons (Fsp3) is 0.375.